The van der Waals surface area contributed by atoms with Gasteiger partial charge in [-0.3, -0.25) is 9.59 Å². The highest BCUT2D eigenvalue weighted by Crippen LogP contribution is 2.69. The molecule has 5 heteroatoms. The van der Waals surface area contributed by atoms with Crippen LogP contribution in [0.5, 0.6) is 11.5 Å². The second-order valence-electron chi connectivity index (χ2n) is 7.47. The van der Waals surface area contributed by atoms with Gasteiger partial charge in [0.05, 0.1) is 18.6 Å². The van der Waals surface area contributed by atoms with Gasteiger partial charge in [0.1, 0.15) is 0 Å². The summed E-state index contributed by atoms with van der Waals surface area (Å²) >= 11 is 0. The molecule has 0 aromatic heterocycles. The van der Waals surface area contributed by atoms with E-state index in [0.29, 0.717) is 35.0 Å². The second-order valence-corrected chi connectivity index (χ2v) is 7.47. The van der Waals surface area contributed by atoms with E-state index >= 15 is 0 Å². The number of benzene rings is 1. The maximum Gasteiger partial charge on any atom is 0.315 e. The largest absolute Gasteiger partial charge is 0.493 e. The summed E-state index contributed by atoms with van der Waals surface area (Å²) in [6.07, 6.45) is 3.81. The van der Waals surface area contributed by atoms with E-state index in [1.165, 1.54) is 31.3 Å². The monoisotopic (exact) mass is 329 g/mol. The fourth-order valence-electron chi connectivity index (χ4n) is 5.00. The SMILES string of the molecule is COc1cccc(C(=O)N(C)C)c1OC(=O)C1[C@@H]2[C@H]3CC[C@@H](C3)[C@H]12. The molecule has 24 heavy (non-hydrogen) atoms. The van der Waals surface area contributed by atoms with Crippen LogP contribution in [0.15, 0.2) is 18.2 Å². The average molecular weight is 329 g/mol. The lowest BCUT2D eigenvalue weighted by Crippen LogP contribution is -2.24. The summed E-state index contributed by atoms with van der Waals surface area (Å²) in [6.45, 7) is 0. The minimum absolute atomic E-state index is 0.0171. The predicted octanol–water partition coefficient (Wildman–Crippen LogP) is 2.59. The highest BCUT2D eigenvalue weighted by Gasteiger charge is 2.68. The highest BCUT2D eigenvalue weighted by atomic mass is 16.6. The zero-order valence-corrected chi connectivity index (χ0v) is 14.3. The van der Waals surface area contributed by atoms with Crippen molar-refractivity contribution in [1.82, 2.24) is 4.90 Å². The summed E-state index contributed by atoms with van der Waals surface area (Å²) in [5, 5.41) is 0. The summed E-state index contributed by atoms with van der Waals surface area (Å²) in [4.78, 5) is 26.6. The maximum atomic E-state index is 12.7. The highest BCUT2D eigenvalue weighted by molar-refractivity contribution is 5.98. The molecule has 0 spiro atoms. The molecule has 1 aromatic rings. The van der Waals surface area contributed by atoms with E-state index in [2.05, 4.69) is 0 Å². The van der Waals surface area contributed by atoms with Gasteiger partial charge in [0.2, 0.25) is 0 Å². The Bertz CT molecular complexity index is 683. The molecule has 5 nitrogen and oxygen atoms in total. The number of ether oxygens (including phenoxy) is 2. The smallest absolute Gasteiger partial charge is 0.315 e. The topological polar surface area (TPSA) is 55.8 Å². The lowest BCUT2D eigenvalue weighted by molar-refractivity contribution is -0.137. The fraction of sp³-hybridized carbons (Fsp3) is 0.579. The fourth-order valence-corrected chi connectivity index (χ4v) is 5.00. The molecule has 1 unspecified atom stereocenters. The van der Waals surface area contributed by atoms with Gasteiger partial charge in [-0.15, -0.1) is 0 Å². The molecule has 128 valence electrons. The molecular formula is C19H23NO4. The van der Waals surface area contributed by atoms with Crippen molar-refractivity contribution >= 4 is 11.9 Å². The molecule has 1 amide bonds. The van der Waals surface area contributed by atoms with Crippen molar-refractivity contribution in [3.8, 4) is 11.5 Å². The van der Waals surface area contributed by atoms with Crippen molar-refractivity contribution in [3.05, 3.63) is 23.8 Å². The summed E-state index contributed by atoms with van der Waals surface area (Å²) in [5.41, 5.74) is 0.362. The van der Waals surface area contributed by atoms with Crippen molar-refractivity contribution in [2.75, 3.05) is 21.2 Å². The van der Waals surface area contributed by atoms with Crippen LogP contribution in [0.3, 0.4) is 0 Å². The van der Waals surface area contributed by atoms with Crippen LogP contribution >= 0.6 is 0 Å². The van der Waals surface area contributed by atoms with Crippen molar-refractivity contribution in [2.45, 2.75) is 19.3 Å². The zero-order chi connectivity index (χ0) is 17.0. The molecule has 0 aliphatic heterocycles. The van der Waals surface area contributed by atoms with E-state index in [0.717, 1.165) is 0 Å². The zero-order valence-electron chi connectivity index (χ0n) is 14.3. The Labute approximate surface area is 141 Å². The van der Waals surface area contributed by atoms with Crippen molar-refractivity contribution in [2.24, 2.45) is 29.6 Å². The van der Waals surface area contributed by atoms with Crippen LogP contribution in [-0.4, -0.2) is 38.0 Å². The molecule has 3 aliphatic rings. The third-order valence-electron chi connectivity index (χ3n) is 6.05. The predicted molar refractivity (Wildman–Crippen MR) is 87.9 cm³/mol. The van der Waals surface area contributed by atoms with Gasteiger partial charge in [-0.2, -0.15) is 0 Å². The van der Waals surface area contributed by atoms with Crippen LogP contribution in [-0.2, 0) is 4.79 Å². The van der Waals surface area contributed by atoms with Crippen molar-refractivity contribution in [1.29, 1.82) is 0 Å². The standard InChI is InChI=1S/C19H23NO4/c1-20(2)18(21)12-5-4-6-13(23-3)17(12)24-19(22)16-14-10-7-8-11(9-10)15(14)16/h4-6,10-11,14-16H,7-9H2,1-3H3/t10-,11-,14-,15+,16?/m0/s1. The lowest BCUT2D eigenvalue weighted by atomic mass is 10.0. The van der Waals surface area contributed by atoms with E-state index in [1.807, 2.05) is 0 Å². The number of rotatable bonds is 4. The van der Waals surface area contributed by atoms with E-state index in [4.69, 9.17) is 9.47 Å². The van der Waals surface area contributed by atoms with Gasteiger partial charge in [-0.25, -0.2) is 0 Å². The molecule has 4 rings (SSSR count). The van der Waals surface area contributed by atoms with Crippen molar-refractivity contribution < 1.29 is 19.1 Å². The summed E-state index contributed by atoms with van der Waals surface area (Å²) in [6, 6.07) is 5.12. The molecule has 2 bridgehead atoms. The van der Waals surface area contributed by atoms with Crippen LogP contribution in [0.25, 0.3) is 0 Å². The number of hydrogen-bond donors (Lipinski definition) is 0. The van der Waals surface area contributed by atoms with Crippen LogP contribution in [0.2, 0.25) is 0 Å². The van der Waals surface area contributed by atoms with Gasteiger partial charge < -0.3 is 14.4 Å². The number of carbonyl (C=O) groups excluding carboxylic acids is 2. The second kappa shape index (κ2) is 5.50. The first-order valence-electron chi connectivity index (χ1n) is 8.63. The van der Waals surface area contributed by atoms with Crippen LogP contribution in [0.4, 0.5) is 0 Å². The molecule has 3 aliphatic carbocycles. The number of carbonyl (C=O) groups is 2. The number of fused-ring (bicyclic) bond motifs is 5. The summed E-state index contributed by atoms with van der Waals surface area (Å²) in [7, 11) is 4.87. The Morgan fingerprint density at radius 3 is 2.38 bits per heavy atom. The van der Waals surface area contributed by atoms with Gasteiger partial charge in [0.15, 0.2) is 11.5 Å². The number of para-hydroxylation sites is 1. The third kappa shape index (κ3) is 2.21. The van der Waals surface area contributed by atoms with Gasteiger partial charge in [0, 0.05) is 14.1 Å². The van der Waals surface area contributed by atoms with E-state index in [-0.39, 0.29) is 23.5 Å². The van der Waals surface area contributed by atoms with Gasteiger partial charge >= 0.3 is 5.97 Å². The van der Waals surface area contributed by atoms with Crippen LogP contribution < -0.4 is 9.47 Å². The number of hydrogen-bond acceptors (Lipinski definition) is 4. The summed E-state index contributed by atoms with van der Waals surface area (Å²) < 4.78 is 11.0. The molecule has 5 atom stereocenters. The molecule has 0 saturated heterocycles. The number of methoxy groups -OCH3 is 1. The quantitative estimate of drug-likeness (QED) is 0.629. The van der Waals surface area contributed by atoms with Crippen LogP contribution in [0.1, 0.15) is 29.6 Å². The first-order chi connectivity index (χ1) is 11.5. The molecule has 0 N–H and O–H groups in total. The normalized spacial score (nSPS) is 32.2. The third-order valence-corrected chi connectivity index (χ3v) is 6.05. The van der Waals surface area contributed by atoms with E-state index in [1.54, 1.807) is 32.3 Å². The van der Waals surface area contributed by atoms with Gasteiger partial charge in [-0.1, -0.05) is 6.07 Å². The Hall–Kier alpha value is -2.04. The Kier molecular flexibility index (Phi) is 3.55. The molecule has 0 radical (unpaired) electrons. The van der Waals surface area contributed by atoms with E-state index in [9.17, 15) is 9.59 Å². The lowest BCUT2D eigenvalue weighted by Gasteiger charge is -2.17. The molecule has 0 heterocycles. The van der Waals surface area contributed by atoms with Gasteiger partial charge in [0.25, 0.3) is 5.91 Å². The molecule has 1 aromatic carbocycles. The Morgan fingerprint density at radius 2 is 1.79 bits per heavy atom. The number of esters is 1. The number of nitrogens with zero attached hydrogens (tertiary/aromatic N) is 1. The molecular weight excluding hydrogens is 306 g/mol. The maximum absolute atomic E-state index is 12.7. The van der Waals surface area contributed by atoms with Gasteiger partial charge in [-0.05, 0) is 55.1 Å². The Morgan fingerprint density at radius 1 is 1.12 bits per heavy atom. The number of amides is 1. The minimum atomic E-state index is -0.201. The first-order valence-corrected chi connectivity index (χ1v) is 8.63. The minimum Gasteiger partial charge on any atom is -0.493 e. The first kappa shape index (κ1) is 15.5. The average Bonchev–Trinajstić information content (AvgIpc) is 3.02. The van der Waals surface area contributed by atoms with E-state index < -0.39 is 0 Å². The Balaban J connectivity index is 1.58. The van der Waals surface area contributed by atoms with Crippen molar-refractivity contribution in [3.63, 3.8) is 0 Å². The summed E-state index contributed by atoms with van der Waals surface area (Å²) in [5.74, 6) is 2.73. The van der Waals surface area contributed by atoms with Crippen LogP contribution in [0, 0.1) is 29.6 Å². The molecule has 3 fully saturated rings. The molecule has 3 saturated carbocycles.